The number of carbonyl (C=O) groups excluding carboxylic acids is 2. The number of rotatable bonds is 6. The second kappa shape index (κ2) is 10.2. The molecule has 0 saturated carbocycles. The van der Waals surface area contributed by atoms with Crippen LogP contribution in [-0.4, -0.2) is 29.6 Å². The van der Waals surface area contributed by atoms with Crippen LogP contribution in [0.1, 0.15) is 29.9 Å². The average Bonchev–Trinajstić information content (AvgIpc) is 3.14. The zero-order valence-corrected chi connectivity index (χ0v) is 20.9. The Bertz CT molecular complexity index is 1400. The maximum Gasteiger partial charge on any atom is 0.416 e. The first-order valence-electron chi connectivity index (χ1n) is 11.8. The number of nitrogens with zero attached hydrogens (tertiary/aromatic N) is 1. The van der Waals surface area contributed by atoms with Crippen molar-refractivity contribution in [3.05, 3.63) is 83.6 Å². The fraction of sp³-hybridized carbons (Fsp3) is 0.286. The molecule has 0 radical (unpaired) electrons. The molecule has 2 unspecified atom stereocenters. The highest BCUT2D eigenvalue weighted by Gasteiger charge is 2.31. The van der Waals surface area contributed by atoms with Crippen molar-refractivity contribution >= 4 is 34.2 Å². The number of para-hydroxylation sites is 1. The SMILES string of the molecule is COC(=O)C1C=CC([C@H](C)NC(=O)c2c(Nc3cccc(C(F)(F)F)c3)c3ccccc3n2C)=CC1C. The molecule has 1 aliphatic carbocycles. The van der Waals surface area contributed by atoms with Gasteiger partial charge in [0.1, 0.15) is 5.69 Å². The molecule has 1 amide bonds. The third-order valence-electron chi connectivity index (χ3n) is 6.62. The molecule has 0 spiro atoms. The van der Waals surface area contributed by atoms with Gasteiger partial charge in [-0.05, 0) is 42.7 Å². The van der Waals surface area contributed by atoms with E-state index in [2.05, 4.69) is 10.6 Å². The number of nitrogens with one attached hydrogen (secondary N) is 2. The summed E-state index contributed by atoms with van der Waals surface area (Å²) in [5.41, 5.74) is 1.72. The van der Waals surface area contributed by atoms with Crippen molar-refractivity contribution in [1.82, 2.24) is 9.88 Å². The molecule has 0 bridgehead atoms. The van der Waals surface area contributed by atoms with Gasteiger partial charge in [0, 0.05) is 18.1 Å². The van der Waals surface area contributed by atoms with Gasteiger partial charge in [0.15, 0.2) is 0 Å². The van der Waals surface area contributed by atoms with Gasteiger partial charge in [-0.2, -0.15) is 13.2 Å². The smallest absolute Gasteiger partial charge is 0.416 e. The number of aromatic nitrogens is 1. The van der Waals surface area contributed by atoms with E-state index in [4.69, 9.17) is 4.74 Å². The first-order valence-corrected chi connectivity index (χ1v) is 11.8. The minimum atomic E-state index is -4.49. The van der Waals surface area contributed by atoms with Gasteiger partial charge in [-0.1, -0.05) is 49.4 Å². The van der Waals surface area contributed by atoms with Crippen molar-refractivity contribution in [2.45, 2.75) is 26.1 Å². The van der Waals surface area contributed by atoms with E-state index in [1.165, 1.54) is 19.2 Å². The van der Waals surface area contributed by atoms with Crippen LogP contribution in [0.25, 0.3) is 10.9 Å². The van der Waals surface area contributed by atoms with E-state index < -0.39 is 23.6 Å². The Morgan fingerprint density at radius 2 is 1.84 bits per heavy atom. The lowest BCUT2D eigenvalue weighted by atomic mass is 9.85. The Morgan fingerprint density at radius 3 is 2.51 bits per heavy atom. The van der Waals surface area contributed by atoms with Crippen molar-refractivity contribution in [1.29, 1.82) is 0 Å². The predicted molar refractivity (Wildman–Crippen MR) is 136 cm³/mol. The van der Waals surface area contributed by atoms with E-state index >= 15 is 0 Å². The zero-order valence-electron chi connectivity index (χ0n) is 20.9. The van der Waals surface area contributed by atoms with E-state index in [1.807, 2.05) is 38.1 Å². The zero-order chi connectivity index (χ0) is 26.9. The Balaban J connectivity index is 1.65. The molecule has 0 saturated heterocycles. The van der Waals surface area contributed by atoms with Crippen LogP contribution in [0, 0.1) is 11.8 Å². The fourth-order valence-electron chi connectivity index (χ4n) is 4.62. The van der Waals surface area contributed by atoms with Gasteiger partial charge in [0.05, 0.1) is 35.8 Å². The number of hydrogen-bond donors (Lipinski definition) is 2. The summed E-state index contributed by atoms with van der Waals surface area (Å²) in [5, 5.41) is 6.75. The molecule has 2 aromatic carbocycles. The number of benzene rings is 2. The lowest BCUT2D eigenvalue weighted by Crippen LogP contribution is -2.36. The average molecular weight is 512 g/mol. The topological polar surface area (TPSA) is 72.4 Å². The summed E-state index contributed by atoms with van der Waals surface area (Å²) in [6.07, 6.45) is 1.01. The molecule has 1 aliphatic rings. The molecule has 9 heteroatoms. The summed E-state index contributed by atoms with van der Waals surface area (Å²) < 4.78 is 46.4. The molecule has 3 aromatic rings. The second-order valence-corrected chi connectivity index (χ2v) is 9.13. The molecular formula is C28H28F3N3O3. The molecule has 2 N–H and O–H groups in total. The highest BCUT2D eigenvalue weighted by atomic mass is 19.4. The van der Waals surface area contributed by atoms with Gasteiger partial charge >= 0.3 is 12.1 Å². The number of halogens is 3. The van der Waals surface area contributed by atoms with Gasteiger partial charge in [-0.15, -0.1) is 0 Å². The van der Waals surface area contributed by atoms with E-state index in [0.29, 0.717) is 11.1 Å². The number of aryl methyl sites for hydroxylation is 1. The fourth-order valence-corrected chi connectivity index (χ4v) is 4.62. The first-order chi connectivity index (χ1) is 17.5. The summed E-state index contributed by atoms with van der Waals surface area (Å²) in [6, 6.07) is 11.8. The van der Waals surface area contributed by atoms with Crippen LogP contribution in [0.4, 0.5) is 24.5 Å². The van der Waals surface area contributed by atoms with Gasteiger partial charge in [-0.25, -0.2) is 0 Å². The molecule has 194 valence electrons. The molecule has 0 aliphatic heterocycles. The Hall–Kier alpha value is -4.01. The molecule has 4 rings (SSSR count). The Kier molecular flexibility index (Phi) is 7.16. The number of alkyl halides is 3. The van der Waals surface area contributed by atoms with Crippen molar-refractivity contribution in [3.63, 3.8) is 0 Å². The van der Waals surface area contributed by atoms with Crippen molar-refractivity contribution < 1.29 is 27.5 Å². The number of fused-ring (bicyclic) bond motifs is 1. The van der Waals surface area contributed by atoms with E-state index in [1.54, 1.807) is 29.8 Å². The maximum atomic E-state index is 13.5. The molecule has 1 aromatic heterocycles. The lowest BCUT2D eigenvalue weighted by Gasteiger charge is -2.24. The highest BCUT2D eigenvalue weighted by Crippen LogP contribution is 2.36. The van der Waals surface area contributed by atoms with Crippen LogP contribution in [0.3, 0.4) is 0 Å². The van der Waals surface area contributed by atoms with Crippen LogP contribution in [0.5, 0.6) is 0 Å². The van der Waals surface area contributed by atoms with E-state index in [9.17, 15) is 22.8 Å². The van der Waals surface area contributed by atoms with Crippen LogP contribution < -0.4 is 10.6 Å². The van der Waals surface area contributed by atoms with Gasteiger partial charge in [-0.3, -0.25) is 9.59 Å². The Morgan fingerprint density at radius 1 is 1.11 bits per heavy atom. The number of anilines is 2. The van der Waals surface area contributed by atoms with Gasteiger partial charge in [0.25, 0.3) is 5.91 Å². The lowest BCUT2D eigenvalue weighted by molar-refractivity contribution is -0.144. The van der Waals surface area contributed by atoms with Crippen LogP contribution in [0.2, 0.25) is 0 Å². The largest absolute Gasteiger partial charge is 0.469 e. The molecule has 0 fully saturated rings. The summed E-state index contributed by atoms with van der Waals surface area (Å²) >= 11 is 0. The summed E-state index contributed by atoms with van der Waals surface area (Å²) in [6.45, 7) is 3.74. The normalized spacial score (nSPS) is 18.3. The first kappa shape index (κ1) is 26.1. The maximum absolute atomic E-state index is 13.5. The summed E-state index contributed by atoms with van der Waals surface area (Å²) in [5.74, 6) is -1.21. The monoisotopic (exact) mass is 511 g/mol. The van der Waals surface area contributed by atoms with Gasteiger partial charge < -0.3 is 19.9 Å². The number of amides is 1. The number of ether oxygens (including phenoxy) is 1. The van der Waals surface area contributed by atoms with Crippen molar-refractivity contribution in [2.75, 3.05) is 12.4 Å². The van der Waals surface area contributed by atoms with Crippen LogP contribution >= 0.6 is 0 Å². The number of allylic oxidation sites excluding steroid dienone is 1. The third kappa shape index (κ3) is 5.26. The minimum Gasteiger partial charge on any atom is -0.469 e. The van der Waals surface area contributed by atoms with Crippen LogP contribution in [-0.2, 0) is 22.8 Å². The molecular weight excluding hydrogens is 483 g/mol. The molecule has 3 atom stereocenters. The third-order valence-corrected chi connectivity index (χ3v) is 6.62. The van der Waals surface area contributed by atoms with Gasteiger partial charge in [0.2, 0.25) is 0 Å². The summed E-state index contributed by atoms with van der Waals surface area (Å²) in [7, 11) is 3.09. The standard InChI is InChI=1S/C28H28F3N3O3/c1-16-14-18(12-13-21(16)27(36)37-4)17(2)32-26(35)25-24(22-10-5-6-11-23(22)34(25)3)33-20-9-7-8-19(15-20)28(29,30)31/h5-17,21,33H,1-4H3,(H,32,35)/t16?,17-,21?/m0/s1. The molecule has 1 heterocycles. The van der Waals surface area contributed by atoms with E-state index in [0.717, 1.165) is 23.2 Å². The van der Waals surface area contributed by atoms with E-state index in [-0.39, 0.29) is 29.3 Å². The summed E-state index contributed by atoms with van der Waals surface area (Å²) in [4.78, 5) is 25.5. The molecule has 6 nitrogen and oxygen atoms in total. The number of esters is 1. The minimum absolute atomic E-state index is 0.109. The number of hydrogen-bond acceptors (Lipinski definition) is 4. The van der Waals surface area contributed by atoms with Crippen molar-refractivity contribution in [3.8, 4) is 0 Å². The number of methoxy groups -OCH3 is 1. The Labute approximate surface area is 212 Å². The van der Waals surface area contributed by atoms with Crippen LogP contribution in [0.15, 0.2) is 72.3 Å². The highest BCUT2D eigenvalue weighted by molar-refractivity contribution is 6.10. The second-order valence-electron chi connectivity index (χ2n) is 9.13. The van der Waals surface area contributed by atoms with Crippen molar-refractivity contribution in [2.24, 2.45) is 18.9 Å². The predicted octanol–water partition coefficient (Wildman–Crippen LogP) is 5.98. The number of carbonyl (C=O) groups is 2. The molecule has 37 heavy (non-hydrogen) atoms. The quantitative estimate of drug-likeness (QED) is 0.400.